The third kappa shape index (κ3) is 9.95. The highest BCUT2D eigenvalue weighted by Gasteiger charge is 2.76. The number of likely N-dealkylation sites (tertiary alicyclic amines) is 1. The highest BCUT2D eigenvalue weighted by Crippen LogP contribution is 2.66. The molecule has 8 rings (SSSR count). The molecule has 4 aromatic carbocycles. The van der Waals surface area contributed by atoms with Crippen molar-refractivity contribution in [1.29, 1.82) is 0 Å². The standard InChI is InChI=1S/C57H62N4O13/c1-35(2)45(53(66)72-5)58-56(69)60-43-29-24-36(18-17-23-41(51(64)70-3)52(65)71-4)34-42(43)57(55(60)68)44(50(63)59-30-15-7-6-8-16-31-59)47-54(67)74-48(38-21-13-10-14-22-38)46(37-19-11-9-12-20-37)61(47)49(57)39-25-27-40(28-26-39)73-33-32-62/h9-14,19-22,24-29,34-35,41,44-49,62H,6-8,15-16,23,30-33H2,1-5H3,(H,58,69)/t44-,45+,46-,47-,48+,49+,57-/m1/s1. The summed E-state index contributed by atoms with van der Waals surface area (Å²) in [5.74, 6) is -1.61. The number of urea groups is 1. The number of hydrogen-bond acceptors (Lipinski definition) is 14. The Kier molecular flexibility index (Phi) is 16.5. The Labute approximate surface area is 430 Å². The Hall–Kier alpha value is -7.55. The van der Waals surface area contributed by atoms with Crippen LogP contribution in [0.15, 0.2) is 103 Å². The van der Waals surface area contributed by atoms with Crippen molar-refractivity contribution in [2.75, 3.05) is 52.5 Å². The second-order valence-corrected chi connectivity index (χ2v) is 19.2. The molecule has 4 heterocycles. The molecule has 17 heteroatoms. The van der Waals surface area contributed by atoms with Crippen molar-refractivity contribution in [3.05, 3.63) is 131 Å². The van der Waals surface area contributed by atoms with Crippen molar-refractivity contribution < 1.29 is 62.4 Å². The number of aliphatic hydroxyl groups excluding tert-OH is 1. The van der Waals surface area contributed by atoms with Crippen molar-refractivity contribution in [2.24, 2.45) is 17.8 Å². The molecule has 74 heavy (non-hydrogen) atoms. The number of imide groups is 1. The van der Waals surface area contributed by atoms with Crippen molar-refractivity contribution >= 4 is 47.4 Å². The van der Waals surface area contributed by atoms with Gasteiger partial charge >= 0.3 is 29.9 Å². The molecule has 7 atom stereocenters. The first-order valence-electron chi connectivity index (χ1n) is 25.0. The molecule has 2 N–H and O–H groups in total. The first-order chi connectivity index (χ1) is 35.8. The summed E-state index contributed by atoms with van der Waals surface area (Å²) < 4.78 is 27.3. The van der Waals surface area contributed by atoms with Crippen LogP contribution in [-0.4, -0.2) is 116 Å². The van der Waals surface area contributed by atoms with E-state index in [1.165, 1.54) is 13.2 Å². The number of benzene rings is 4. The van der Waals surface area contributed by atoms with E-state index in [1.807, 2.05) is 65.6 Å². The van der Waals surface area contributed by atoms with E-state index < -0.39 is 95.2 Å². The number of carbonyl (C=O) groups is 7. The van der Waals surface area contributed by atoms with E-state index in [0.29, 0.717) is 48.4 Å². The first-order valence-corrected chi connectivity index (χ1v) is 25.0. The molecule has 4 amide bonds. The minimum Gasteiger partial charge on any atom is -0.491 e. The molecule has 388 valence electrons. The highest BCUT2D eigenvalue weighted by atomic mass is 16.6. The normalized spacial score (nSPS) is 22.8. The topological polar surface area (TPSA) is 208 Å². The fraction of sp³-hybridized carbons (Fsp3) is 0.421. The average Bonchev–Trinajstić information content (AvgIpc) is 3.97. The molecular formula is C57H62N4O13. The van der Waals surface area contributed by atoms with Crippen LogP contribution >= 0.6 is 0 Å². The minimum atomic E-state index is -2.14. The third-order valence-electron chi connectivity index (χ3n) is 14.6. The quantitative estimate of drug-likeness (QED) is 0.0670. The van der Waals surface area contributed by atoms with Crippen molar-refractivity contribution in [3.63, 3.8) is 0 Å². The number of amides is 4. The molecule has 1 spiro atoms. The van der Waals surface area contributed by atoms with Crippen LogP contribution in [0.2, 0.25) is 0 Å². The molecule has 0 saturated carbocycles. The number of cyclic esters (lactones) is 1. The molecule has 0 unspecified atom stereocenters. The second-order valence-electron chi connectivity index (χ2n) is 19.2. The average molecular weight is 1010 g/mol. The van der Waals surface area contributed by atoms with Gasteiger partial charge in [-0.1, -0.05) is 118 Å². The van der Waals surface area contributed by atoms with E-state index >= 15 is 19.2 Å². The number of nitrogens with zero attached hydrogens (tertiary/aromatic N) is 3. The van der Waals surface area contributed by atoms with Crippen LogP contribution < -0.4 is 15.0 Å². The predicted molar refractivity (Wildman–Crippen MR) is 269 cm³/mol. The molecule has 0 bridgehead atoms. The van der Waals surface area contributed by atoms with Gasteiger partial charge in [0.05, 0.1) is 51.6 Å². The Bertz CT molecular complexity index is 2770. The maximum Gasteiger partial charge on any atom is 0.329 e. The summed E-state index contributed by atoms with van der Waals surface area (Å²) in [6.45, 7) is 3.87. The van der Waals surface area contributed by atoms with Crippen LogP contribution in [0.1, 0.15) is 98.4 Å². The largest absolute Gasteiger partial charge is 0.491 e. The lowest BCUT2D eigenvalue weighted by Gasteiger charge is -2.46. The predicted octanol–water partition coefficient (Wildman–Crippen LogP) is 6.13. The van der Waals surface area contributed by atoms with Crippen LogP contribution in [-0.2, 0) is 53.1 Å². The number of nitrogens with one attached hydrogen (secondary N) is 1. The van der Waals surface area contributed by atoms with Crippen LogP contribution in [0.4, 0.5) is 10.5 Å². The summed E-state index contributed by atoms with van der Waals surface area (Å²) in [6, 6.07) is 24.5. The number of ether oxygens (including phenoxy) is 5. The zero-order valence-electron chi connectivity index (χ0n) is 42.2. The molecule has 0 radical (unpaired) electrons. The maximum absolute atomic E-state index is 16.8. The zero-order chi connectivity index (χ0) is 52.7. The van der Waals surface area contributed by atoms with E-state index in [2.05, 4.69) is 17.2 Å². The minimum absolute atomic E-state index is 0.00328. The Balaban J connectivity index is 1.46. The van der Waals surface area contributed by atoms with E-state index in [0.717, 1.165) is 38.4 Å². The van der Waals surface area contributed by atoms with Gasteiger partial charge in [-0.05, 0) is 71.3 Å². The van der Waals surface area contributed by atoms with Gasteiger partial charge in [-0.25, -0.2) is 14.5 Å². The Morgan fingerprint density at radius 1 is 0.757 bits per heavy atom. The van der Waals surface area contributed by atoms with E-state index in [1.54, 1.807) is 55.1 Å². The molecule has 3 fully saturated rings. The van der Waals surface area contributed by atoms with E-state index in [9.17, 15) is 19.5 Å². The number of hydrogen-bond donors (Lipinski definition) is 2. The summed E-state index contributed by atoms with van der Waals surface area (Å²) >= 11 is 0. The first kappa shape index (κ1) is 52.8. The number of esters is 4. The van der Waals surface area contributed by atoms with Crippen LogP contribution in [0.5, 0.6) is 5.75 Å². The lowest BCUT2D eigenvalue weighted by Crippen LogP contribution is -2.58. The summed E-state index contributed by atoms with van der Waals surface area (Å²) in [5, 5.41) is 12.4. The molecule has 17 nitrogen and oxygen atoms in total. The maximum atomic E-state index is 16.8. The van der Waals surface area contributed by atoms with Crippen molar-refractivity contribution in [2.45, 2.75) is 88.1 Å². The van der Waals surface area contributed by atoms with Gasteiger partial charge in [-0.15, -0.1) is 0 Å². The van der Waals surface area contributed by atoms with Gasteiger partial charge < -0.3 is 39.0 Å². The zero-order valence-corrected chi connectivity index (χ0v) is 42.2. The van der Waals surface area contributed by atoms with Crippen LogP contribution in [0.3, 0.4) is 0 Å². The smallest absolute Gasteiger partial charge is 0.329 e. The lowest BCUT2D eigenvalue weighted by molar-refractivity contribution is -0.179. The Morgan fingerprint density at radius 2 is 1.36 bits per heavy atom. The monoisotopic (exact) mass is 1010 g/mol. The SMILES string of the molecule is COC(=O)C(CC#Cc1ccc2c(c1)[C@]1(C(=O)N2C(=O)N[C@H](C(=O)OC)C(C)C)[C@H](c2ccc(OCCO)cc2)N2[C@H](c3ccccc3)[C@H](c3ccccc3)OC(=O)[C@H]2[C@@H]1C(=O)N1CCCCCCC1)C(=O)OC. The number of methoxy groups -OCH3 is 3. The number of carbonyl (C=O) groups excluding carboxylic acids is 7. The number of morpholine rings is 1. The third-order valence-corrected chi connectivity index (χ3v) is 14.6. The second kappa shape index (κ2) is 23.1. The Morgan fingerprint density at radius 3 is 1.96 bits per heavy atom. The molecule has 4 aromatic rings. The van der Waals surface area contributed by atoms with Gasteiger partial charge in [0, 0.05) is 25.1 Å². The van der Waals surface area contributed by atoms with Crippen LogP contribution in [0.25, 0.3) is 0 Å². The molecule has 0 aliphatic carbocycles. The molecule has 0 aromatic heterocycles. The number of anilines is 1. The van der Waals surface area contributed by atoms with Gasteiger partial charge in [0.15, 0.2) is 5.92 Å². The molecule has 4 aliphatic heterocycles. The van der Waals surface area contributed by atoms with E-state index in [4.69, 9.17) is 23.7 Å². The summed E-state index contributed by atoms with van der Waals surface area (Å²) in [4.78, 5) is 107. The molecule has 4 aliphatic rings. The summed E-state index contributed by atoms with van der Waals surface area (Å²) in [6.07, 6.45) is 2.79. The fourth-order valence-corrected chi connectivity index (χ4v) is 11.2. The summed E-state index contributed by atoms with van der Waals surface area (Å²) in [7, 11) is 3.48. The van der Waals surface area contributed by atoms with Gasteiger partial charge in [-0.2, -0.15) is 0 Å². The number of fused-ring (bicyclic) bond motifs is 3. The van der Waals surface area contributed by atoms with Gasteiger partial charge in [0.2, 0.25) is 11.8 Å². The van der Waals surface area contributed by atoms with Gasteiger partial charge in [-0.3, -0.25) is 28.9 Å². The molecule has 3 saturated heterocycles. The van der Waals surface area contributed by atoms with Crippen LogP contribution in [0, 0.1) is 29.6 Å². The van der Waals surface area contributed by atoms with E-state index in [-0.39, 0.29) is 36.4 Å². The number of rotatable bonds is 13. The lowest BCUT2D eigenvalue weighted by atomic mass is 9.64. The number of aliphatic hydroxyl groups is 1. The highest BCUT2D eigenvalue weighted by molar-refractivity contribution is 6.25. The van der Waals surface area contributed by atoms with Gasteiger partial charge in [0.25, 0.3) is 0 Å². The van der Waals surface area contributed by atoms with Crippen molar-refractivity contribution in [3.8, 4) is 17.6 Å². The van der Waals surface area contributed by atoms with Gasteiger partial charge in [0.1, 0.15) is 36.0 Å². The van der Waals surface area contributed by atoms with Crippen molar-refractivity contribution in [1.82, 2.24) is 15.1 Å². The molecular weight excluding hydrogens is 949 g/mol. The fourth-order valence-electron chi connectivity index (χ4n) is 11.2. The summed E-state index contributed by atoms with van der Waals surface area (Å²) in [5.41, 5.74) is 0.229.